The van der Waals surface area contributed by atoms with Gasteiger partial charge in [0.15, 0.2) is 0 Å². The van der Waals surface area contributed by atoms with E-state index in [9.17, 15) is 18.0 Å². The lowest BCUT2D eigenvalue weighted by Gasteiger charge is -2.21. The van der Waals surface area contributed by atoms with Crippen molar-refractivity contribution in [2.45, 2.75) is 0 Å². The SMILES string of the molecule is O=S(=O)(NCCF)Oc1ccc(N([O-])O)cc1. The Hall–Kier alpha value is -1.42. The molecule has 0 fully saturated rings. The molecule has 0 radical (unpaired) electrons. The lowest BCUT2D eigenvalue weighted by molar-refractivity contribution is 0.296. The van der Waals surface area contributed by atoms with E-state index >= 15 is 0 Å². The smallest absolute Gasteiger partial charge is 0.382 e. The molecule has 0 atom stereocenters. The van der Waals surface area contributed by atoms with E-state index in [1.807, 2.05) is 4.72 Å². The summed E-state index contributed by atoms with van der Waals surface area (Å²) in [6.07, 6.45) is 0. The molecule has 0 saturated heterocycles. The fourth-order valence-corrected chi connectivity index (χ4v) is 1.70. The highest BCUT2D eigenvalue weighted by Gasteiger charge is 2.11. The first kappa shape index (κ1) is 13.6. The van der Waals surface area contributed by atoms with Crippen LogP contribution in [0.5, 0.6) is 5.75 Å². The predicted molar refractivity (Wildman–Crippen MR) is 57.6 cm³/mol. The van der Waals surface area contributed by atoms with Gasteiger partial charge in [0.1, 0.15) is 12.4 Å². The van der Waals surface area contributed by atoms with Gasteiger partial charge in [0.25, 0.3) is 0 Å². The molecule has 96 valence electrons. The van der Waals surface area contributed by atoms with Crippen molar-refractivity contribution in [3.8, 4) is 5.75 Å². The second-order valence-electron chi connectivity index (χ2n) is 2.89. The summed E-state index contributed by atoms with van der Waals surface area (Å²) in [6.45, 7) is -1.23. The van der Waals surface area contributed by atoms with Crippen LogP contribution in [0.3, 0.4) is 0 Å². The van der Waals surface area contributed by atoms with Crippen LogP contribution in [-0.2, 0) is 10.3 Å². The molecule has 0 aliphatic rings. The lowest BCUT2D eigenvalue weighted by Crippen LogP contribution is -2.29. The van der Waals surface area contributed by atoms with Gasteiger partial charge in [-0.3, -0.25) is 5.21 Å². The summed E-state index contributed by atoms with van der Waals surface area (Å²) in [7, 11) is -4.07. The minimum Gasteiger partial charge on any atom is -0.733 e. The Morgan fingerprint density at radius 2 is 2.00 bits per heavy atom. The van der Waals surface area contributed by atoms with Crippen molar-refractivity contribution in [1.29, 1.82) is 0 Å². The minimum absolute atomic E-state index is 0.0676. The summed E-state index contributed by atoms with van der Waals surface area (Å²) >= 11 is 0. The molecule has 0 aromatic heterocycles. The number of nitrogens with zero attached hydrogens (tertiary/aromatic N) is 1. The molecule has 2 N–H and O–H groups in total. The molecule has 1 aromatic rings. The number of halogens is 1. The topological polar surface area (TPSA) is 102 Å². The third-order valence-electron chi connectivity index (χ3n) is 1.64. The van der Waals surface area contributed by atoms with Gasteiger partial charge in [-0.05, 0) is 24.3 Å². The fourth-order valence-electron chi connectivity index (χ4n) is 0.949. The number of anilines is 1. The zero-order valence-electron chi connectivity index (χ0n) is 8.54. The Balaban J connectivity index is 2.69. The van der Waals surface area contributed by atoms with Gasteiger partial charge in [-0.2, -0.15) is 13.1 Å². The van der Waals surface area contributed by atoms with Gasteiger partial charge in [0, 0.05) is 6.54 Å². The van der Waals surface area contributed by atoms with E-state index in [1.54, 1.807) is 0 Å². The third kappa shape index (κ3) is 4.53. The zero-order chi connectivity index (χ0) is 12.9. The van der Waals surface area contributed by atoms with Crippen LogP contribution in [0.15, 0.2) is 24.3 Å². The van der Waals surface area contributed by atoms with Crippen LogP contribution in [0.4, 0.5) is 10.1 Å². The van der Waals surface area contributed by atoms with Crippen LogP contribution in [0.2, 0.25) is 0 Å². The number of alkyl halides is 1. The molecule has 0 spiro atoms. The summed E-state index contributed by atoms with van der Waals surface area (Å²) in [4.78, 5) is 0. The second-order valence-corrected chi connectivity index (χ2v) is 4.25. The summed E-state index contributed by atoms with van der Waals surface area (Å²) in [5, 5.41) is 18.6. The van der Waals surface area contributed by atoms with Crippen molar-refractivity contribution >= 4 is 16.0 Å². The Morgan fingerprint density at radius 3 is 2.47 bits per heavy atom. The molecule has 0 aliphatic carbocycles. The highest BCUT2D eigenvalue weighted by Crippen LogP contribution is 2.18. The number of hydrogen-bond donors (Lipinski definition) is 2. The van der Waals surface area contributed by atoms with E-state index in [1.165, 1.54) is 12.1 Å². The van der Waals surface area contributed by atoms with Gasteiger partial charge in [-0.15, -0.1) is 0 Å². The van der Waals surface area contributed by atoms with Crippen LogP contribution in [-0.4, -0.2) is 26.8 Å². The summed E-state index contributed by atoms with van der Waals surface area (Å²) in [6, 6.07) is 4.66. The maximum Gasteiger partial charge on any atom is 0.382 e. The van der Waals surface area contributed by atoms with Gasteiger partial charge in [0.2, 0.25) is 0 Å². The monoisotopic (exact) mass is 265 g/mol. The quantitative estimate of drug-likeness (QED) is 0.729. The Labute approximate surface area is 97.2 Å². The molecule has 0 unspecified atom stereocenters. The summed E-state index contributed by atoms with van der Waals surface area (Å²) < 4.78 is 40.4. The Kier molecular flexibility index (Phi) is 4.63. The van der Waals surface area contributed by atoms with Crippen molar-refractivity contribution in [3.63, 3.8) is 0 Å². The van der Waals surface area contributed by atoms with Crippen molar-refractivity contribution in [2.24, 2.45) is 0 Å². The van der Waals surface area contributed by atoms with E-state index in [4.69, 9.17) is 5.21 Å². The standard InChI is InChI=1S/C8H10FN2O5S/c9-5-6-10-17(14,15)16-8-3-1-7(2-4-8)11(12)13/h1-4,10,12H,5-6H2/q-1. The second kappa shape index (κ2) is 5.77. The van der Waals surface area contributed by atoms with Crippen LogP contribution in [0.1, 0.15) is 0 Å². The molecule has 1 rings (SSSR count). The number of benzene rings is 1. The van der Waals surface area contributed by atoms with Crippen LogP contribution < -0.4 is 14.1 Å². The molecule has 0 aliphatic heterocycles. The van der Waals surface area contributed by atoms with Crippen LogP contribution in [0, 0.1) is 5.21 Å². The molecular weight excluding hydrogens is 255 g/mol. The highest BCUT2D eigenvalue weighted by molar-refractivity contribution is 7.85. The molecule has 9 heteroatoms. The molecule has 7 nitrogen and oxygen atoms in total. The maximum atomic E-state index is 11.8. The molecule has 17 heavy (non-hydrogen) atoms. The average molecular weight is 265 g/mol. The van der Waals surface area contributed by atoms with E-state index in [0.29, 0.717) is 0 Å². The van der Waals surface area contributed by atoms with Crippen LogP contribution >= 0.6 is 0 Å². The normalized spacial score (nSPS) is 11.2. The molecule has 1 aromatic carbocycles. The lowest BCUT2D eigenvalue weighted by atomic mass is 10.3. The number of nitrogens with one attached hydrogen (secondary N) is 1. The third-order valence-corrected chi connectivity index (χ3v) is 2.61. The number of hydrogen-bond acceptors (Lipinski definition) is 6. The van der Waals surface area contributed by atoms with Gasteiger partial charge >= 0.3 is 10.3 Å². The van der Waals surface area contributed by atoms with Gasteiger partial charge < -0.3 is 14.6 Å². The van der Waals surface area contributed by atoms with Crippen molar-refractivity contribution < 1.29 is 22.2 Å². The van der Waals surface area contributed by atoms with E-state index in [2.05, 4.69) is 4.18 Å². The predicted octanol–water partition coefficient (Wildman–Crippen LogP) is 0.563. The fraction of sp³-hybridized carbons (Fsp3) is 0.250. The average Bonchev–Trinajstić information content (AvgIpc) is 2.26. The van der Waals surface area contributed by atoms with Crippen molar-refractivity contribution in [2.75, 3.05) is 18.4 Å². The first-order valence-electron chi connectivity index (χ1n) is 4.46. The minimum atomic E-state index is -4.07. The van der Waals surface area contributed by atoms with E-state index in [0.717, 1.165) is 12.1 Å². The molecule has 0 heterocycles. The first-order chi connectivity index (χ1) is 7.94. The Morgan fingerprint density at radius 1 is 1.41 bits per heavy atom. The number of rotatable bonds is 6. The highest BCUT2D eigenvalue weighted by atomic mass is 32.2. The molecule has 0 saturated carbocycles. The van der Waals surface area contributed by atoms with Crippen LogP contribution in [0.25, 0.3) is 0 Å². The Bertz CT molecular complexity index is 447. The summed E-state index contributed by atoms with van der Waals surface area (Å²) in [5.74, 6) is -0.0676. The van der Waals surface area contributed by atoms with Crippen molar-refractivity contribution in [3.05, 3.63) is 29.5 Å². The van der Waals surface area contributed by atoms with E-state index < -0.39 is 17.0 Å². The zero-order valence-corrected chi connectivity index (χ0v) is 9.35. The first-order valence-corrected chi connectivity index (χ1v) is 5.86. The molecule has 0 amide bonds. The molecular formula is C8H10FN2O5S-. The van der Waals surface area contributed by atoms with E-state index in [-0.39, 0.29) is 23.2 Å². The maximum absolute atomic E-state index is 11.8. The molecule has 0 bridgehead atoms. The van der Waals surface area contributed by atoms with Gasteiger partial charge in [0.05, 0.1) is 5.69 Å². The van der Waals surface area contributed by atoms with Gasteiger partial charge in [-0.25, -0.2) is 4.39 Å². The largest absolute Gasteiger partial charge is 0.733 e. The van der Waals surface area contributed by atoms with Crippen molar-refractivity contribution in [1.82, 2.24) is 4.72 Å². The van der Waals surface area contributed by atoms with Gasteiger partial charge in [-0.1, -0.05) is 0 Å². The summed E-state index contributed by atoms with van der Waals surface area (Å²) in [5.41, 5.74) is -0.0773.